The molecule has 0 aliphatic carbocycles. The van der Waals surface area contributed by atoms with Crippen molar-refractivity contribution >= 4 is 0 Å². The number of nitrogens with two attached hydrogens (primary N) is 1. The van der Waals surface area contributed by atoms with E-state index in [9.17, 15) is 0 Å². The summed E-state index contributed by atoms with van der Waals surface area (Å²) in [5.74, 6) is 0.936. The Morgan fingerprint density at radius 3 is 2.58 bits per heavy atom. The number of hydrogen-bond acceptors (Lipinski definition) is 3. The summed E-state index contributed by atoms with van der Waals surface area (Å²) >= 11 is 0. The van der Waals surface area contributed by atoms with Crippen molar-refractivity contribution in [3.8, 4) is 5.75 Å². The first kappa shape index (κ1) is 14.4. The van der Waals surface area contributed by atoms with E-state index in [1.807, 2.05) is 26.0 Å². The fraction of sp³-hybridized carbons (Fsp3) is 0.625. The second-order valence-electron chi connectivity index (χ2n) is 6.19. The normalized spacial score (nSPS) is 24.7. The van der Waals surface area contributed by atoms with Crippen LogP contribution in [0, 0.1) is 0 Å². The molecule has 1 aliphatic heterocycles. The Morgan fingerprint density at radius 2 is 2.00 bits per heavy atom. The Labute approximate surface area is 116 Å². The standard InChI is InChI=1S/C16H26N2O/c1-13(2)19-15-7-5-14(6-8-15)11-16(17)9-4-10-18(3)12-16/h5-8,13H,4,9-12,17H2,1-3H3. The van der Waals surface area contributed by atoms with Gasteiger partial charge < -0.3 is 15.4 Å². The molecular weight excluding hydrogens is 236 g/mol. The van der Waals surface area contributed by atoms with Gasteiger partial charge in [0.05, 0.1) is 6.10 Å². The number of rotatable bonds is 4. The molecule has 1 heterocycles. The van der Waals surface area contributed by atoms with Crippen LogP contribution in [0.15, 0.2) is 24.3 Å². The van der Waals surface area contributed by atoms with Gasteiger partial charge in [-0.15, -0.1) is 0 Å². The second kappa shape index (κ2) is 5.93. The van der Waals surface area contributed by atoms with Gasteiger partial charge in [-0.2, -0.15) is 0 Å². The molecule has 19 heavy (non-hydrogen) atoms. The second-order valence-corrected chi connectivity index (χ2v) is 6.19. The highest BCUT2D eigenvalue weighted by Gasteiger charge is 2.30. The number of nitrogens with zero attached hydrogens (tertiary/aromatic N) is 1. The van der Waals surface area contributed by atoms with Crippen molar-refractivity contribution in [1.29, 1.82) is 0 Å². The van der Waals surface area contributed by atoms with E-state index in [-0.39, 0.29) is 11.6 Å². The fourth-order valence-corrected chi connectivity index (χ4v) is 2.91. The van der Waals surface area contributed by atoms with Crippen LogP contribution in [0.25, 0.3) is 0 Å². The minimum atomic E-state index is -0.0760. The molecule has 2 N–H and O–H groups in total. The van der Waals surface area contributed by atoms with Gasteiger partial charge in [0, 0.05) is 12.1 Å². The molecule has 2 rings (SSSR count). The highest BCUT2D eigenvalue weighted by Crippen LogP contribution is 2.23. The fourth-order valence-electron chi connectivity index (χ4n) is 2.91. The zero-order valence-electron chi connectivity index (χ0n) is 12.4. The van der Waals surface area contributed by atoms with E-state index in [4.69, 9.17) is 10.5 Å². The molecule has 1 atom stereocenters. The number of benzene rings is 1. The molecule has 1 aliphatic rings. The maximum atomic E-state index is 6.53. The van der Waals surface area contributed by atoms with Crippen molar-refractivity contribution in [3.05, 3.63) is 29.8 Å². The van der Waals surface area contributed by atoms with Gasteiger partial charge >= 0.3 is 0 Å². The van der Waals surface area contributed by atoms with Gasteiger partial charge in [-0.05, 0) is 64.4 Å². The summed E-state index contributed by atoms with van der Waals surface area (Å²) in [5, 5.41) is 0. The zero-order chi connectivity index (χ0) is 13.9. The topological polar surface area (TPSA) is 38.5 Å². The minimum Gasteiger partial charge on any atom is -0.491 e. The first-order valence-corrected chi connectivity index (χ1v) is 7.20. The number of ether oxygens (including phenoxy) is 1. The number of likely N-dealkylation sites (tertiary alicyclic amines) is 1. The minimum absolute atomic E-state index is 0.0760. The Balaban J connectivity index is 1.98. The van der Waals surface area contributed by atoms with Crippen LogP contribution < -0.4 is 10.5 Å². The SMILES string of the molecule is CC(C)Oc1ccc(CC2(N)CCCN(C)C2)cc1. The molecule has 0 aromatic heterocycles. The lowest BCUT2D eigenvalue weighted by Crippen LogP contribution is -2.54. The van der Waals surface area contributed by atoms with Crippen molar-refractivity contribution < 1.29 is 4.74 Å². The Hall–Kier alpha value is -1.06. The van der Waals surface area contributed by atoms with E-state index in [1.165, 1.54) is 18.5 Å². The predicted molar refractivity (Wildman–Crippen MR) is 79.6 cm³/mol. The van der Waals surface area contributed by atoms with Crippen LogP contribution >= 0.6 is 0 Å². The lowest BCUT2D eigenvalue weighted by atomic mass is 9.84. The van der Waals surface area contributed by atoms with Crippen LogP contribution in [0.1, 0.15) is 32.3 Å². The van der Waals surface area contributed by atoms with Gasteiger partial charge in [-0.3, -0.25) is 0 Å². The van der Waals surface area contributed by atoms with E-state index in [0.717, 1.165) is 25.1 Å². The molecule has 3 nitrogen and oxygen atoms in total. The summed E-state index contributed by atoms with van der Waals surface area (Å²) in [7, 11) is 2.15. The van der Waals surface area contributed by atoms with E-state index in [0.29, 0.717) is 0 Å². The summed E-state index contributed by atoms with van der Waals surface area (Å²) in [6.07, 6.45) is 3.47. The molecule has 0 radical (unpaired) electrons. The lowest BCUT2D eigenvalue weighted by molar-refractivity contribution is 0.178. The largest absolute Gasteiger partial charge is 0.491 e. The van der Waals surface area contributed by atoms with Crippen LogP contribution in [0.3, 0.4) is 0 Å². The summed E-state index contributed by atoms with van der Waals surface area (Å²) < 4.78 is 5.66. The molecule has 1 unspecified atom stereocenters. The summed E-state index contributed by atoms with van der Waals surface area (Å²) in [4.78, 5) is 2.33. The van der Waals surface area contributed by atoms with E-state index in [2.05, 4.69) is 24.1 Å². The summed E-state index contributed by atoms with van der Waals surface area (Å²) in [6, 6.07) is 8.37. The summed E-state index contributed by atoms with van der Waals surface area (Å²) in [6.45, 7) is 6.23. The molecule has 1 saturated heterocycles. The third-order valence-corrected chi connectivity index (χ3v) is 3.65. The van der Waals surface area contributed by atoms with Gasteiger partial charge in [0.25, 0.3) is 0 Å². The maximum Gasteiger partial charge on any atom is 0.119 e. The van der Waals surface area contributed by atoms with Gasteiger partial charge in [-0.25, -0.2) is 0 Å². The smallest absolute Gasteiger partial charge is 0.119 e. The third-order valence-electron chi connectivity index (χ3n) is 3.65. The molecule has 1 aromatic rings. The maximum absolute atomic E-state index is 6.53. The molecule has 0 amide bonds. The number of piperidine rings is 1. The molecule has 0 spiro atoms. The van der Waals surface area contributed by atoms with Gasteiger partial charge in [0.1, 0.15) is 5.75 Å². The van der Waals surface area contributed by atoms with Crippen LogP contribution in [-0.4, -0.2) is 36.7 Å². The van der Waals surface area contributed by atoms with Crippen molar-refractivity contribution in [2.45, 2.75) is 44.8 Å². The number of likely N-dealkylation sites (N-methyl/N-ethyl adjacent to an activating group) is 1. The molecule has 0 bridgehead atoms. The molecule has 0 saturated carbocycles. The average Bonchev–Trinajstić information content (AvgIpc) is 2.30. The van der Waals surface area contributed by atoms with Crippen molar-refractivity contribution in [3.63, 3.8) is 0 Å². The monoisotopic (exact) mass is 262 g/mol. The van der Waals surface area contributed by atoms with Gasteiger partial charge in [0.15, 0.2) is 0 Å². The van der Waals surface area contributed by atoms with Gasteiger partial charge in [0.2, 0.25) is 0 Å². The lowest BCUT2D eigenvalue weighted by Gasteiger charge is -2.38. The first-order valence-electron chi connectivity index (χ1n) is 7.20. The highest BCUT2D eigenvalue weighted by molar-refractivity contribution is 5.28. The van der Waals surface area contributed by atoms with Crippen LogP contribution in [0.2, 0.25) is 0 Å². The van der Waals surface area contributed by atoms with Crippen LogP contribution in [-0.2, 0) is 6.42 Å². The van der Waals surface area contributed by atoms with Gasteiger partial charge in [-0.1, -0.05) is 12.1 Å². The Kier molecular flexibility index (Phi) is 4.48. The molecular formula is C16H26N2O. The first-order chi connectivity index (χ1) is 8.97. The van der Waals surface area contributed by atoms with Crippen molar-refractivity contribution in [2.24, 2.45) is 5.73 Å². The molecule has 1 fully saturated rings. The third kappa shape index (κ3) is 4.22. The quantitative estimate of drug-likeness (QED) is 0.906. The molecule has 3 heteroatoms. The van der Waals surface area contributed by atoms with Crippen molar-refractivity contribution in [1.82, 2.24) is 4.90 Å². The molecule has 1 aromatic carbocycles. The zero-order valence-corrected chi connectivity index (χ0v) is 12.4. The molecule has 106 valence electrons. The Morgan fingerprint density at radius 1 is 1.32 bits per heavy atom. The van der Waals surface area contributed by atoms with Crippen LogP contribution in [0.5, 0.6) is 5.75 Å². The van der Waals surface area contributed by atoms with Crippen molar-refractivity contribution in [2.75, 3.05) is 20.1 Å². The summed E-state index contributed by atoms with van der Waals surface area (Å²) in [5.41, 5.74) is 7.75. The van der Waals surface area contributed by atoms with Crippen LogP contribution in [0.4, 0.5) is 0 Å². The predicted octanol–water partition coefficient (Wildman–Crippen LogP) is 2.44. The van der Waals surface area contributed by atoms with E-state index >= 15 is 0 Å². The highest BCUT2D eigenvalue weighted by atomic mass is 16.5. The van der Waals surface area contributed by atoms with E-state index < -0.39 is 0 Å². The van der Waals surface area contributed by atoms with E-state index in [1.54, 1.807) is 0 Å². The Bertz CT molecular complexity index is 402. The average molecular weight is 262 g/mol. The number of hydrogen-bond donors (Lipinski definition) is 1.